The predicted octanol–water partition coefficient (Wildman–Crippen LogP) is 1.63. The second-order valence-corrected chi connectivity index (χ2v) is 4.53. The minimum atomic E-state index is -0.226. The molecular formula is C10H18ClNO. The number of likely N-dealkylation sites (tertiary alicyclic amines) is 1. The van der Waals surface area contributed by atoms with Gasteiger partial charge in [-0.25, -0.2) is 0 Å². The lowest BCUT2D eigenvalue weighted by atomic mass is 9.98. The van der Waals surface area contributed by atoms with Crippen LogP contribution in [0.25, 0.3) is 0 Å². The van der Waals surface area contributed by atoms with Gasteiger partial charge in [0.05, 0.1) is 6.10 Å². The number of rotatable bonds is 3. The van der Waals surface area contributed by atoms with Gasteiger partial charge in [-0.3, -0.25) is 4.90 Å². The molecule has 1 atom stereocenters. The van der Waals surface area contributed by atoms with Crippen LogP contribution in [0.2, 0.25) is 0 Å². The first kappa shape index (κ1) is 11.0. The lowest BCUT2D eigenvalue weighted by Crippen LogP contribution is -2.45. The molecule has 13 heavy (non-hydrogen) atoms. The van der Waals surface area contributed by atoms with Crippen molar-refractivity contribution in [1.29, 1.82) is 0 Å². The highest BCUT2D eigenvalue weighted by Gasteiger charge is 2.39. The Kier molecular flexibility index (Phi) is 3.38. The van der Waals surface area contributed by atoms with Crippen LogP contribution in [0, 0.1) is 0 Å². The van der Waals surface area contributed by atoms with Crippen molar-refractivity contribution in [1.82, 2.24) is 4.90 Å². The molecule has 1 fully saturated rings. The van der Waals surface area contributed by atoms with E-state index >= 15 is 0 Å². The van der Waals surface area contributed by atoms with Gasteiger partial charge in [-0.15, -0.1) is 11.6 Å². The lowest BCUT2D eigenvalue weighted by Gasteiger charge is -2.34. The molecule has 0 spiro atoms. The van der Waals surface area contributed by atoms with Gasteiger partial charge in [0.25, 0.3) is 0 Å². The Hall–Kier alpha value is -0.0500. The van der Waals surface area contributed by atoms with Crippen LogP contribution in [-0.2, 0) is 0 Å². The molecule has 0 aromatic carbocycles. The predicted molar refractivity (Wildman–Crippen MR) is 56.1 cm³/mol. The number of aliphatic hydroxyl groups excluding tert-OH is 1. The molecule has 0 saturated carbocycles. The average molecular weight is 204 g/mol. The molecule has 1 aliphatic rings. The Morgan fingerprint density at radius 2 is 2.31 bits per heavy atom. The first-order valence-electron chi connectivity index (χ1n) is 4.64. The molecule has 1 saturated heterocycles. The Bertz CT molecular complexity index is 203. The van der Waals surface area contributed by atoms with E-state index in [4.69, 9.17) is 11.6 Å². The van der Waals surface area contributed by atoms with Gasteiger partial charge in [-0.1, -0.05) is 6.58 Å². The minimum absolute atomic E-state index is 0.130. The van der Waals surface area contributed by atoms with Crippen molar-refractivity contribution < 1.29 is 5.11 Å². The first-order valence-corrected chi connectivity index (χ1v) is 5.17. The molecule has 3 heteroatoms. The molecule has 1 unspecified atom stereocenters. The second kappa shape index (κ2) is 3.99. The highest BCUT2D eigenvalue weighted by Crippen LogP contribution is 2.29. The largest absolute Gasteiger partial charge is 0.391 e. The van der Waals surface area contributed by atoms with Crippen LogP contribution < -0.4 is 0 Å². The summed E-state index contributed by atoms with van der Waals surface area (Å²) in [5.41, 5.74) is 0.887. The Morgan fingerprint density at radius 3 is 2.69 bits per heavy atom. The highest BCUT2D eigenvalue weighted by atomic mass is 35.5. The van der Waals surface area contributed by atoms with E-state index in [-0.39, 0.29) is 11.6 Å². The van der Waals surface area contributed by atoms with Crippen molar-refractivity contribution >= 4 is 11.6 Å². The summed E-state index contributed by atoms with van der Waals surface area (Å²) in [6.45, 7) is 9.73. The summed E-state index contributed by atoms with van der Waals surface area (Å²) < 4.78 is 0. The zero-order chi connectivity index (χ0) is 10.1. The molecule has 0 aliphatic carbocycles. The number of alkyl halides is 1. The van der Waals surface area contributed by atoms with Crippen molar-refractivity contribution in [2.24, 2.45) is 0 Å². The van der Waals surface area contributed by atoms with Crippen LogP contribution in [0.5, 0.6) is 0 Å². The zero-order valence-electron chi connectivity index (χ0n) is 8.39. The summed E-state index contributed by atoms with van der Waals surface area (Å²) in [6.07, 6.45) is 0.623. The van der Waals surface area contributed by atoms with Crippen LogP contribution >= 0.6 is 11.6 Å². The van der Waals surface area contributed by atoms with Crippen molar-refractivity contribution in [2.75, 3.05) is 19.0 Å². The van der Waals surface area contributed by atoms with E-state index in [0.717, 1.165) is 25.1 Å². The molecule has 1 N–H and O–H groups in total. The normalized spacial score (nSPS) is 27.8. The van der Waals surface area contributed by atoms with Crippen molar-refractivity contribution in [3.63, 3.8) is 0 Å². The third-order valence-corrected chi connectivity index (χ3v) is 3.28. The average Bonchev–Trinajstić information content (AvgIpc) is 2.31. The van der Waals surface area contributed by atoms with Gasteiger partial charge in [-0.2, -0.15) is 0 Å². The fourth-order valence-corrected chi connectivity index (χ4v) is 1.81. The smallest absolute Gasteiger partial charge is 0.0730 e. The van der Waals surface area contributed by atoms with Gasteiger partial charge in [-0.05, 0) is 25.8 Å². The van der Waals surface area contributed by atoms with Crippen molar-refractivity contribution in [3.8, 4) is 0 Å². The molecule has 2 nitrogen and oxygen atoms in total. The topological polar surface area (TPSA) is 23.5 Å². The quantitative estimate of drug-likeness (QED) is 0.557. The minimum Gasteiger partial charge on any atom is -0.391 e. The molecule has 1 rings (SSSR count). The summed E-state index contributed by atoms with van der Waals surface area (Å²) in [6, 6.07) is 0. The molecule has 0 bridgehead atoms. The first-order chi connectivity index (χ1) is 5.98. The van der Waals surface area contributed by atoms with E-state index < -0.39 is 0 Å². The van der Waals surface area contributed by atoms with E-state index in [1.165, 1.54) is 0 Å². The second-order valence-electron chi connectivity index (χ2n) is 4.26. The molecule has 76 valence electrons. The van der Waals surface area contributed by atoms with Crippen LogP contribution in [-0.4, -0.2) is 40.6 Å². The van der Waals surface area contributed by atoms with E-state index in [1.54, 1.807) is 0 Å². The molecule has 0 amide bonds. The maximum atomic E-state index is 9.71. The van der Waals surface area contributed by atoms with Gasteiger partial charge in [0, 0.05) is 24.5 Å². The van der Waals surface area contributed by atoms with Gasteiger partial charge in [0.1, 0.15) is 0 Å². The number of hydrogen-bond acceptors (Lipinski definition) is 2. The highest BCUT2D eigenvalue weighted by molar-refractivity contribution is 6.19. The standard InChI is InChI=1S/C10H18ClNO/c1-8(6-11)7-12-5-4-9(13)10(12,2)3/h9,13H,1,4-7H2,2-3H3. The number of aliphatic hydroxyl groups is 1. The van der Waals surface area contributed by atoms with Crippen LogP contribution in [0.4, 0.5) is 0 Å². The van der Waals surface area contributed by atoms with Crippen LogP contribution in [0.1, 0.15) is 20.3 Å². The summed E-state index contributed by atoms with van der Waals surface area (Å²) in [7, 11) is 0. The Balaban J connectivity index is 2.57. The molecular weight excluding hydrogens is 186 g/mol. The van der Waals surface area contributed by atoms with Crippen molar-refractivity contribution in [3.05, 3.63) is 12.2 Å². The number of halogens is 1. The van der Waals surface area contributed by atoms with Crippen molar-refractivity contribution in [2.45, 2.75) is 31.9 Å². The maximum Gasteiger partial charge on any atom is 0.0730 e. The molecule has 0 aromatic heterocycles. The van der Waals surface area contributed by atoms with E-state index in [1.807, 2.05) is 0 Å². The van der Waals surface area contributed by atoms with Gasteiger partial charge < -0.3 is 5.11 Å². The summed E-state index contributed by atoms with van der Waals surface area (Å²) in [5.74, 6) is 0.503. The summed E-state index contributed by atoms with van der Waals surface area (Å²) in [5, 5.41) is 9.71. The molecule has 0 radical (unpaired) electrons. The summed E-state index contributed by atoms with van der Waals surface area (Å²) in [4.78, 5) is 2.24. The van der Waals surface area contributed by atoms with E-state index in [0.29, 0.717) is 5.88 Å². The third kappa shape index (κ3) is 2.25. The number of nitrogens with zero attached hydrogens (tertiary/aromatic N) is 1. The van der Waals surface area contributed by atoms with Crippen LogP contribution in [0.15, 0.2) is 12.2 Å². The van der Waals surface area contributed by atoms with Gasteiger partial charge >= 0.3 is 0 Å². The fourth-order valence-electron chi connectivity index (χ4n) is 1.73. The Morgan fingerprint density at radius 1 is 1.69 bits per heavy atom. The lowest BCUT2D eigenvalue weighted by molar-refractivity contribution is 0.0597. The maximum absolute atomic E-state index is 9.71. The zero-order valence-corrected chi connectivity index (χ0v) is 9.14. The Labute approximate surface area is 85.2 Å². The van der Waals surface area contributed by atoms with Crippen LogP contribution in [0.3, 0.4) is 0 Å². The molecule has 1 aliphatic heterocycles. The van der Waals surface area contributed by atoms with Gasteiger partial charge in [0.15, 0.2) is 0 Å². The summed E-state index contributed by atoms with van der Waals surface area (Å²) >= 11 is 5.67. The monoisotopic (exact) mass is 203 g/mol. The fraction of sp³-hybridized carbons (Fsp3) is 0.800. The number of hydrogen-bond donors (Lipinski definition) is 1. The third-order valence-electron chi connectivity index (χ3n) is 2.91. The van der Waals surface area contributed by atoms with E-state index in [9.17, 15) is 5.11 Å². The SMILES string of the molecule is C=C(CCl)CN1CCC(O)C1(C)C. The van der Waals surface area contributed by atoms with Gasteiger partial charge in [0.2, 0.25) is 0 Å². The molecule has 0 aromatic rings. The van der Waals surface area contributed by atoms with E-state index in [2.05, 4.69) is 25.3 Å². The molecule has 1 heterocycles.